The van der Waals surface area contributed by atoms with E-state index in [1.54, 1.807) is 0 Å². The SMILES string of the molecule is N#Cc1nc(-c2cccc(Cl)c2)n2ccccc12. The van der Waals surface area contributed by atoms with Gasteiger partial charge in [-0.05, 0) is 24.3 Å². The van der Waals surface area contributed by atoms with Gasteiger partial charge < -0.3 is 0 Å². The molecule has 3 aromatic rings. The van der Waals surface area contributed by atoms with Gasteiger partial charge in [0, 0.05) is 16.8 Å². The molecule has 0 unspecified atom stereocenters. The summed E-state index contributed by atoms with van der Waals surface area (Å²) in [6, 6.07) is 15.2. The molecule has 3 rings (SSSR count). The van der Waals surface area contributed by atoms with Crippen LogP contribution < -0.4 is 0 Å². The average molecular weight is 254 g/mol. The third-order valence-electron chi connectivity index (χ3n) is 2.74. The maximum absolute atomic E-state index is 9.10. The van der Waals surface area contributed by atoms with Gasteiger partial charge in [-0.1, -0.05) is 29.8 Å². The van der Waals surface area contributed by atoms with Crippen LogP contribution in [0.5, 0.6) is 0 Å². The maximum atomic E-state index is 9.10. The number of aromatic nitrogens is 2. The summed E-state index contributed by atoms with van der Waals surface area (Å²) in [5, 5.41) is 9.75. The van der Waals surface area contributed by atoms with Gasteiger partial charge in [-0.15, -0.1) is 0 Å². The highest BCUT2D eigenvalue weighted by Gasteiger charge is 2.11. The Morgan fingerprint density at radius 3 is 2.83 bits per heavy atom. The van der Waals surface area contributed by atoms with E-state index >= 15 is 0 Å². The van der Waals surface area contributed by atoms with Gasteiger partial charge in [0.05, 0.1) is 5.52 Å². The number of halogens is 1. The summed E-state index contributed by atoms with van der Waals surface area (Å²) in [6.07, 6.45) is 1.89. The Morgan fingerprint density at radius 2 is 2.06 bits per heavy atom. The van der Waals surface area contributed by atoms with Gasteiger partial charge in [-0.25, -0.2) is 4.98 Å². The quantitative estimate of drug-likeness (QED) is 0.666. The molecule has 3 nitrogen and oxygen atoms in total. The van der Waals surface area contributed by atoms with Gasteiger partial charge in [0.2, 0.25) is 0 Å². The largest absolute Gasteiger partial charge is 0.298 e. The van der Waals surface area contributed by atoms with Crippen LogP contribution in [0.2, 0.25) is 5.02 Å². The van der Waals surface area contributed by atoms with Crippen LogP contribution >= 0.6 is 11.6 Å². The highest BCUT2D eigenvalue weighted by atomic mass is 35.5. The maximum Gasteiger partial charge on any atom is 0.166 e. The molecule has 4 heteroatoms. The van der Waals surface area contributed by atoms with E-state index in [0.717, 1.165) is 16.9 Å². The van der Waals surface area contributed by atoms with E-state index in [0.29, 0.717) is 10.7 Å². The second-order valence-electron chi connectivity index (χ2n) is 3.86. The number of nitrogens with zero attached hydrogens (tertiary/aromatic N) is 3. The van der Waals surface area contributed by atoms with Gasteiger partial charge in [0.25, 0.3) is 0 Å². The Labute approximate surface area is 109 Å². The first-order valence-corrected chi connectivity index (χ1v) is 5.80. The lowest BCUT2D eigenvalue weighted by molar-refractivity contribution is 1.16. The second-order valence-corrected chi connectivity index (χ2v) is 4.30. The van der Waals surface area contributed by atoms with Crippen molar-refractivity contribution in [1.82, 2.24) is 9.38 Å². The predicted octanol–water partition coefficient (Wildman–Crippen LogP) is 3.53. The molecular formula is C14H8ClN3. The summed E-state index contributed by atoms with van der Waals surface area (Å²) in [5.41, 5.74) is 2.12. The van der Waals surface area contributed by atoms with Crippen LogP contribution in [0.25, 0.3) is 16.9 Å². The molecule has 2 heterocycles. The summed E-state index contributed by atoms with van der Waals surface area (Å²) < 4.78 is 1.89. The Balaban J connectivity index is 2.34. The number of imidazole rings is 1. The van der Waals surface area contributed by atoms with Gasteiger partial charge in [0.15, 0.2) is 5.69 Å². The van der Waals surface area contributed by atoms with Crippen molar-refractivity contribution < 1.29 is 0 Å². The number of fused-ring (bicyclic) bond motifs is 1. The minimum absolute atomic E-state index is 0.422. The zero-order valence-corrected chi connectivity index (χ0v) is 10.1. The Hall–Kier alpha value is -2.31. The lowest BCUT2D eigenvalue weighted by atomic mass is 10.2. The first-order valence-electron chi connectivity index (χ1n) is 5.43. The fraction of sp³-hybridized carbons (Fsp3) is 0. The van der Waals surface area contributed by atoms with Crippen molar-refractivity contribution in [2.45, 2.75) is 0 Å². The molecule has 0 saturated heterocycles. The molecule has 0 bridgehead atoms. The third-order valence-corrected chi connectivity index (χ3v) is 2.97. The number of rotatable bonds is 1. The molecule has 0 aliphatic rings. The highest BCUT2D eigenvalue weighted by molar-refractivity contribution is 6.30. The van der Waals surface area contributed by atoms with Crippen molar-refractivity contribution in [1.29, 1.82) is 5.26 Å². The van der Waals surface area contributed by atoms with Crippen molar-refractivity contribution in [3.05, 3.63) is 59.4 Å². The molecule has 0 N–H and O–H groups in total. The summed E-state index contributed by atoms with van der Waals surface area (Å²) in [4.78, 5) is 4.36. The van der Waals surface area contributed by atoms with Crippen LogP contribution in [0.3, 0.4) is 0 Å². The Morgan fingerprint density at radius 1 is 1.17 bits per heavy atom. The van der Waals surface area contributed by atoms with E-state index in [1.807, 2.05) is 53.1 Å². The van der Waals surface area contributed by atoms with E-state index in [9.17, 15) is 0 Å². The lowest BCUT2D eigenvalue weighted by Gasteiger charge is -2.01. The highest BCUT2D eigenvalue weighted by Crippen LogP contribution is 2.24. The second kappa shape index (κ2) is 4.17. The van der Waals surface area contributed by atoms with Crippen LogP contribution in [0.1, 0.15) is 5.69 Å². The fourth-order valence-corrected chi connectivity index (χ4v) is 2.14. The lowest BCUT2D eigenvalue weighted by Crippen LogP contribution is -1.87. The van der Waals surface area contributed by atoms with Crippen molar-refractivity contribution in [3.63, 3.8) is 0 Å². The molecule has 0 atom stereocenters. The van der Waals surface area contributed by atoms with Crippen LogP contribution in [-0.4, -0.2) is 9.38 Å². The van der Waals surface area contributed by atoms with Crippen molar-refractivity contribution in [2.75, 3.05) is 0 Å². The van der Waals surface area contributed by atoms with Crippen LogP contribution in [0.4, 0.5) is 0 Å². The van der Waals surface area contributed by atoms with Crippen LogP contribution in [-0.2, 0) is 0 Å². The molecule has 0 aliphatic carbocycles. The van der Waals surface area contributed by atoms with Crippen molar-refractivity contribution in [3.8, 4) is 17.5 Å². The smallest absolute Gasteiger partial charge is 0.166 e. The zero-order chi connectivity index (χ0) is 12.5. The molecule has 2 aromatic heterocycles. The van der Waals surface area contributed by atoms with Gasteiger partial charge in [-0.3, -0.25) is 4.40 Å². The molecule has 0 radical (unpaired) electrons. The van der Waals surface area contributed by atoms with E-state index < -0.39 is 0 Å². The molecule has 18 heavy (non-hydrogen) atoms. The van der Waals surface area contributed by atoms with E-state index in [4.69, 9.17) is 16.9 Å². The number of hydrogen-bond acceptors (Lipinski definition) is 2. The topological polar surface area (TPSA) is 41.1 Å². The molecule has 0 fully saturated rings. The standard InChI is InChI=1S/C14H8ClN3/c15-11-5-3-4-10(8-11)14-17-12(9-16)13-6-1-2-7-18(13)14/h1-8H. The summed E-state index contributed by atoms with van der Waals surface area (Å²) in [5.74, 6) is 0.727. The normalized spacial score (nSPS) is 10.4. The van der Waals surface area contributed by atoms with Gasteiger partial charge in [0.1, 0.15) is 11.9 Å². The number of benzene rings is 1. The van der Waals surface area contributed by atoms with E-state index in [1.165, 1.54) is 0 Å². The molecule has 86 valence electrons. The minimum atomic E-state index is 0.422. The zero-order valence-electron chi connectivity index (χ0n) is 9.34. The summed E-state index contributed by atoms with van der Waals surface area (Å²) in [7, 11) is 0. The van der Waals surface area contributed by atoms with Crippen molar-refractivity contribution in [2.24, 2.45) is 0 Å². The first kappa shape index (κ1) is 10.8. The van der Waals surface area contributed by atoms with Crippen molar-refractivity contribution >= 4 is 17.1 Å². The molecule has 0 aliphatic heterocycles. The Bertz CT molecular complexity index is 768. The number of pyridine rings is 1. The average Bonchev–Trinajstić information content (AvgIpc) is 2.77. The van der Waals surface area contributed by atoms with Gasteiger partial charge >= 0.3 is 0 Å². The Kier molecular flexibility index (Phi) is 2.51. The minimum Gasteiger partial charge on any atom is -0.298 e. The van der Waals surface area contributed by atoms with Gasteiger partial charge in [-0.2, -0.15) is 5.26 Å². The number of hydrogen-bond donors (Lipinski definition) is 0. The first-order chi connectivity index (χ1) is 8.79. The van der Waals surface area contributed by atoms with Crippen LogP contribution in [0.15, 0.2) is 48.7 Å². The molecule has 1 aromatic carbocycles. The molecule has 0 saturated carbocycles. The summed E-state index contributed by atoms with van der Waals surface area (Å²) >= 11 is 5.98. The van der Waals surface area contributed by atoms with E-state index in [-0.39, 0.29) is 0 Å². The fourth-order valence-electron chi connectivity index (χ4n) is 1.95. The number of nitriles is 1. The van der Waals surface area contributed by atoms with Crippen LogP contribution in [0, 0.1) is 11.3 Å². The molecule has 0 amide bonds. The molecular weight excluding hydrogens is 246 g/mol. The predicted molar refractivity (Wildman–Crippen MR) is 70.4 cm³/mol. The monoisotopic (exact) mass is 253 g/mol. The molecule has 0 spiro atoms. The van der Waals surface area contributed by atoms with E-state index in [2.05, 4.69) is 11.1 Å². The third kappa shape index (κ3) is 1.64. The summed E-state index contributed by atoms with van der Waals surface area (Å²) in [6.45, 7) is 0.